The second-order valence-corrected chi connectivity index (χ2v) is 7.78. The minimum Gasteiger partial charge on any atom is -0.496 e. The van der Waals surface area contributed by atoms with Gasteiger partial charge >= 0.3 is 5.97 Å². The van der Waals surface area contributed by atoms with Gasteiger partial charge in [0.05, 0.1) is 23.7 Å². The van der Waals surface area contributed by atoms with Crippen LogP contribution in [0.3, 0.4) is 0 Å². The van der Waals surface area contributed by atoms with E-state index in [0.29, 0.717) is 31.0 Å². The molecule has 1 aromatic rings. The normalized spacial score (nSPS) is 15.9. The Hall–Kier alpha value is -1.99. The highest BCUT2D eigenvalue weighted by Crippen LogP contribution is 2.21. The monoisotopic (exact) mass is 549 g/mol. The van der Waals surface area contributed by atoms with Crippen molar-refractivity contribution in [2.24, 2.45) is 0 Å². The zero-order chi connectivity index (χ0) is 22.1. The van der Waals surface area contributed by atoms with Crippen molar-refractivity contribution in [2.45, 2.75) is 19.4 Å². The number of benzene rings is 1. The topological polar surface area (TPSA) is 106 Å². The number of nitrogens with zero attached hydrogens (tertiary/aromatic N) is 1. The molecule has 1 fully saturated rings. The van der Waals surface area contributed by atoms with E-state index in [0.717, 1.165) is 3.57 Å². The summed E-state index contributed by atoms with van der Waals surface area (Å²) in [7, 11) is 1.55. The van der Waals surface area contributed by atoms with E-state index in [-0.39, 0.29) is 30.7 Å². The van der Waals surface area contributed by atoms with E-state index < -0.39 is 17.9 Å². The van der Waals surface area contributed by atoms with Gasteiger partial charge in [0.1, 0.15) is 18.4 Å². The largest absolute Gasteiger partial charge is 0.496 e. The molecule has 30 heavy (non-hydrogen) atoms. The lowest BCUT2D eigenvalue weighted by atomic mass is 10.1. The Morgan fingerprint density at radius 3 is 2.80 bits per heavy atom. The first-order valence-electron chi connectivity index (χ1n) is 9.34. The van der Waals surface area contributed by atoms with Crippen molar-refractivity contribution in [3.05, 3.63) is 27.3 Å². The van der Waals surface area contributed by atoms with Crippen LogP contribution in [-0.4, -0.2) is 73.9 Å². The van der Waals surface area contributed by atoms with Crippen molar-refractivity contribution in [3.8, 4) is 5.75 Å². The average molecular weight is 549 g/mol. The van der Waals surface area contributed by atoms with E-state index in [1.54, 1.807) is 25.3 Å². The second-order valence-electron chi connectivity index (χ2n) is 6.23. The molecular weight excluding hydrogens is 525 g/mol. The van der Waals surface area contributed by atoms with Crippen LogP contribution < -0.4 is 15.4 Å². The SMILES string of the molecule is CCOCCOC(=O)CC1C(=O)NCCN1C(=S)NC(=O)c1ccc(OC)c(I)c1. The molecule has 1 heterocycles. The lowest BCUT2D eigenvalue weighted by molar-refractivity contribution is -0.148. The molecule has 0 saturated carbocycles. The molecule has 0 spiro atoms. The summed E-state index contributed by atoms with van der Waals surface area (Å²) < 4.78 is 16.2. The zero-order valence-electron chi connectivity index (χ0n) is 16.7. The number of rotatable bonds is 8. The first-order valence-corrected chi connectivity index (χ1v) is 10.8. The molecule has 11 heteroatoms. The van der Waals surface area contributed by atoms with Crippen LogP contribution in [0.4, 0.5) is 0 Å². The van der Waals surface area contributed by atoms with Gasteiger partial charge in [-0.3, -0.25) is 19.7 Å². The molecule has 1 aliphatic rings. The van der Waals surface area contributed by atoms with Crippen molar-refractivity contribution < 1.29 is 28.6 Å². The van der Waals surface area contributed by atoms with Gasteiger partial charge in [-0.05, 0) is 59.9 Å². The molecule has 0 radical (unpaired) electrons. The standard InChI is InChI=1S/C19H24IN3O6S/c1-3-28-8-9-29-16(24)11-14-18(26)21-6-7-23(14)19(30)22-17(25)12-4-5-15(27-2)13(20)10-12/h4-5,10,14H,3,6-9,11H2,1-2H3,(H,21,26)(H,22,25,30). The Bertz CT molecular complexity index is 806. The second kappa shape index (κ2) is 12.0. The predicted octanol–water partition coefficient (Wildman–Crippen LogP) is 1.08. The van der Waals surface area contributed by atoms with E-state index in [9.17, 15) is 14.4 Å². The van der Waals surface area contributed by atoms with Crippen molar-refractivity contribution in [2.75, 3.05) is 40.0 Å². The summed E-state index contributed by atoms with van der Waals surface area (Å²) in [5, 5.41) is 5.42. The molecule has 9 nitrogen and oxygen atoms in total. The van der Waals surface area contributed by atoms with Crippen LogP contribution >= 0.6 is 34.8 Å². The van der Waals surface area contributed by atoms with Crippen molar-refractivity contribution in [1.29, 1.82) is 0 Å². The summed E-state index contributed by atoms with van der Waals surface area (Å²) in [5.74, 6) is -0.644. The fourth-order valence-electron chi connectivity index (χ4n) is 2.78. The molecule has 1 saturated heterocycles. The highest BCUT2D eigenvalue weighted by Gasteiger charge is 2.34. The van der Waals surface area contributed by atoms with Gasteiger partial charge in [-0.1, -0.05) is 0 Å². The number of amides is 2. The number of halogens is 1. The number of hydrogen-bond acceptors (Lipinski definition) is 7. The Morgan fingerprint density at radius 1 is 1.37 bits per heavy atom. The van der Waals surface area contributed by atoms with Gasteiger partial charge in [0.2, 0.25) is 5.91 Å². The first kappa shape index (κ1) is 24.3. The average Bonchev–Trinajstić information content (AvgIpc) is 2.72. The number of hydrogen-bond donors (Lipinski definition) is 2. The number of carbonyl (C=O) groups excluding carboxylic acids is 3. The quantitative estimate of drug-likeness (QED) is 0.215. The van der Waals surface area contributed by atoms with Gasteiger partial charge in [0.15, 0.2) is 5.11 Å². The molecule has 1 unspecified atom stereocenters. The van der Waals surface area contributed by atoms with Gasteiger partial charge in [0, 0.05) is 25.3 Å². The summed E-state index contributed by atoms with van der Waals surface area (Å²) in [4.78, 5) is 38.5. The molecule has 0 bridgehead atoms. The molecule has 2 amide bonds. The molecule has 0 aromatic heterocycles. The molecule has 1 aliphatic heterocycles. The van der Waals surface area contributed by atoms with Crippen LogP contribution in [0.1, 0.15) is 23.7 Å². The number of methoxy groups -OCH3 is 1. The minimum absolute atomic E-state index is 0.0767. The number of esters is 1. The molecular formula is C19H24IN3O6S. The lowest BCUT2D eigenvalue weighted by Gasteiger charge is -2.36. The number of thiocarbonyl (C=S) groups is 1. The third-order valence-corrected chi connectivity index (χ3v) is 5.46. The Kier molecular flexibility index (Phi) is 9.72. The molecule has 2 N–H and O–H groups in total. The zero-order valence-corrected chi connectivity index (χ0v) is 19.7. The van der Waals surface area contributed by atoms with E-state index in [4.69, 9.17) is 26.4 Å². The number of carbonyl (C=O) groups is 3. The summed E-state index contributed by atoms with van der Waals surface area (Å²) in [6, 6.07) is 4.12. The first-order chi connectivity index (χ1) is 14.4. The number of piperazine rings is 1. The van der Waals surface area contributed by atoms with Crippen molar-refractivity contribution in [1.82, 2.24) is 15.5 Å². The van der Waals surface area contributed by atoms with Crippen LogP contribution in [-0.2, 0) is 19.1 Å². The fourth-order valence-corrected chi connectivity index (χ4v) is 3.83. The molecule has 1 atom stereocenters. The van der Waals surface area contributed by atoms with E-state index in [1.165, 1.54) is 4.90 Å². The minimum atomic E-state index is -0.859. The van der Waals surface area contributed by atoms with E-state index >= 15 is 0 Å². The molecule has 2 rings (SSSR count). The predicted molar refractivity (Wildman–Crippen MR) is 121 cm³/mol. The number of ether oxygens (including phenoxy) is 3. The summed E-state index contributed by atoms with van der Waals surface area (Å²) >= 11 is 7.42. The molecule has 164 valence electrons. The fraction of sp³-hybridized carbons (Fsp3) is 0.474. The van der Waals surface area contributed by atoms with Crippen LogP contribution in [0, 0.1) is 3.57 Å². The number of nitrogens with one attached hydrogen (secondary N) is 2. The van der Waals surface area contributed by atoms with Gasteiger partial charge in [-0.15, -0.1) is 0 Å². The van der Waals surface area contributed by atoms with Crippen LogP contribution in [0.15, 0.2) is 18.2 Å². The maximum Gasteiger partial charge on any atom is 0.308 e. The summed E-state index contributed by atoms with van der Waals surface area (Å²) in [5.41, 5.74) is 0.399. The summed E-state index contributed by atoms with van der Waals surface area (Å²) in [6.45, 7) is 3.48. The molecule has 1 aromatic carbocycles. The van der Waals surface area contributed by atoms with Crippen molar-refractivity contribution in [3.63, 3.8) is 0 Å². The van der Waals surface area contributed by atoms with Crippen LogP contribution in [0.25, 0.3) is 0 Å². The Labute approximate surface area is 193 Å². The smallest absolute Gasteiger partial charge is 0.308 e. The van der Waals surface area contributed by atoms with E-state index in [2.05, 4.69) is 33.2 Å². The Balaban J connectivity index is 2.00. The Morgan fingerprint density at radius 2 is 2.13 bits per heavy atom. The van der Waals surface area contributed by atoms with Crippen molar-refractivity contribution >= 4 is 57.7 Å². The maximum absolute atomic E-state index is 12.6. The third-order valence-electron chi connectivity index (χ3n) is 4.28. The highest BCUT2D eigenvalue weighted by atomic mass is 127. The van der Waals surface area contributed by atoms with Gasteiger partial charge < -0.3 is 24.4 Å². The van der Waals surface area contributed by atoms with E-state index in [1.807, 2.05) is 6.92 Å². The van der Waals surface area contributed by atoms with Crippen LogP contribution in [0.2, 0.25) is 0 Å². The third kappa shape index (κ3) is 6.77. The maximum atomic E-state index is 12.6. The molecule has 0 aliphatic carbocycles. The van der Waals surface area contributed by atoms with Crippen LogP contribution in [0.5, 0.6) is 5.75 Å². The van der Waals surface area contributed by atoms with Gasteiger partial charge in [-0.25, -0.2) is 0 Å². The lowest BCUT2D eigenvalue weighted by Crippen LogP contribution is -2.60. The van der Waals surface area contributed by atoms with Gasteiger partial charge in [0.25, 0.3) is 5.91 Å². The van der Waals surface area contributed by atoms with Gasteiger partial charge in [-0.2, -0.15) is 0 Å². The summed E-state index contributed by atoms with van der Waals surface area (Å²) in [6.07, 6.45) is -0.186. The highest BCUT2D eigenvalue weighted by molar-refractivity contribution is 14.1.